The van der Waals surface area contributed by atoms with Gasteiger partial charge in [-0.25, -0.2) is 9.78 Å². The summed E-state index contributed by atoms with van der Waals surface area (Å²) in [6.07, 6.45) is 1.38. The number of carbonyl (C=O) groups is 1. The molecule has 1 rings (SSSR count). The fourth-order valence-corrected chi connectivity index (χ4v) is 0.998. The summed E-state index contributed by atoms with van der Waals surface area (Å²) >= 11 is 5.57. The molecule has 0 aliphatic heterocycles. The number of hydrogen-bond acceptors (Lipinski definition) is 5. The van der Waals surface area contributed by atoms with E-state index in [2.05, 4.69) is 26.5 Å². The lowest BCUT2D eigenvalue weighted by Gasteiger charge is -2.00. The highest BCUT2D eigenvalue weighted by Gasteiger charge is 2.04. The molecule has 0 radical (unpaired) electrons. The predicted octanol–water partition coefficient (Wildman–Crippen LogP) is 1.05. The van der Waals surface area contributed by atoms with E-state index in [1.807, 2.05) is 0 Å². The van der Waals surface area contributed by atoms with Crippen LogP contribution in [0.1, 0.15) is 12.5 Å². The van der Waals surface area contributed by atoms with E-state index in [9.17, 15) is 4.79 Å². The molecule has 0 saturated heterocycles. The van der Waals surface area contributed by atoms with Crippen LogP contribution in [0.5, 0.6) is 5.88 Å². The molecule has 0 aromatic carbocycles. The van der Waals surface area contributed by atoms with Gasteiger partial charge in [0.1, 0.15) is 5.56 Å². The molecule has 1 aromatic rings. The van der Waals surface area contributed by atoms with E-state index < -0.39 is 5.97 Å². The Morgan fingerprint density at radius 3 is 3.00 bits per heavy atom. The van der Waals surface area contributed by atoms with E-state index in [0.29, 0.717) is 5.56 Å². The topological polar surface area (TPSA) is 61.3 Å². The molecule has 16 heavy (non-hydrogen) atoms. The Labute approximate surface area is 97.8 Å². The molecule has 5 nitrogen and oxygen atoms in total. The molecule has 0 spiro atoms. The van der Waals surface area contributed by atoms with Gasteiger partial charge in [-0.3, -0.25) is 0 Å². The van der Waals surface area contributed by atoms with Gasteiger partial charge in [0.15, 0.2) is 0 Å². The Balaban J connectivity index is 2.92. The van der Waals surface area contributed by atoms with E-state index in [-0.39, 0.29) is 17.8 Å². The summed E-state index contributed by atoms with van der Waals surface area (Å²) in [5.74, 6) is 4.43. The van der Waals surface area contributed by atoms with Crippen LogP contribution in [0.25, 0.3) is 0 Å². The number of methoxy groups -OCH3 is 1. The predicted molar refractivity (Wildman–Crippen MR) is 57.1 cm³/mol. The van der Waals surface area contributed by atoms with Crippen molar-refractivity contribution in [3.63, 3.8) is 0 Å². The van der Waals surface area contributed by atoms with E-state index in [1.54, 1.807) is 6.92 Å². The smallest absolute Gasteiger partial charge is 0.384 e. The van der Waals surface area contributed by atoms with Crippen LogP contribution in [0, 0.1) is 11.8 Å². The third kappa shape index (κ3) is 3.41. The maximum atomic E-state index is 11.0. The molecule has 0 N–H and O–H groups in total. The van der Waals surface area contributed by atoms with E-state index >= 15 is 0 Å². The van der Waals surface area contributed by atoms with Crippen molar-refractivity contribution in [3.8, 4) is 17.7 Å². The summed E-state index contributed by atoms with van der Waals surface area (Å²) in [7, 11) is 1.42. The standard InChI is InChI=1S/C10H9ClN2O3/c1-3-16-8(14)5-4-7-6-12-10(11)13-9(7)15-2/h6H,3H2,1-2H3. The van der Waals surface area contributed by atoms with Crippen LogP contribution in [-0.2, 0) is 9.53 Å². The molecule has 1 heterocycles. The van der Waals surface area contributed by atoms with Crippen molar-refractivity contribution < 1.29 is 14.3 Å². The van der Waals surface area contributed by atoms with Gasteiger partial charge in [-0.05, 0) is 24.4 Å². The molecular formula is C10H9ClN2O3. The van der Waals surface area contributed by atoms with Gasteiger partial charge in [0.2, 0.25) is 11.2 Å². The molecule has 0 amide bonds. The zero-order chi connectivity index (χ0) is 12.0. The first-order valence-corrected chi connectivity index (χ1v) is 4.80. The van der Waals surface area contributed by atoms with E-state index in [1.165, 1.54) is 13.3 Å². The number of rotatable bonds is 2. The summed E-state index contributed by atoms with van der Waals surface area (Å²) in [4.78, 5) is 18.5. The second-order valence-electron chi connectivity index (χ2n) is 2.53. The van der Waals surface area contributed by atoms with Crippen molar-refractivity contribution >= 4 is 17.6 Å². The summed E-state index contributed by atoms with van der Waals surface area (Å²) in [5.41, 5.74) is 0.375. The van der Waals surface area contributed by atoms with Crippen LogP contribution in [0.2, 0.25) is 5.28 Å². The number of nitrogens with zero attached hydrogens (tertiary/aromatic N) is 2. The zero-order valence-corrected chi connectivity index (χ0v) is 9.54. The highest BCUT2D eigenvalue weighted by molar-refractivity contribution is 6.28. The van der Waals surface area contributed by atoms with Gasteiger partial charge < -0.3 is 9.47 Å². The summed E-state index contributed by atoms with van der Waals surface area (Å²) in [5, 5.41) is 0.0542. The van der Waals surface area contributed by atoms with Crippen LogP contribution >= 0.6 is 11.6 Å². The first-order valence-electron chi connectivity index (χ1n) is 4.42. The van der Waals surface area contributed by atoms with E-state index in [0.717, 1.165) is 0 Å². The minimum absolute atomic E-state index is 0.0542. The Morgan fingerprint density at radius 1 is 1.62 bits per heavy atom. The average Bonchev–Trinajstić information content (AvgIpc) is 2.27. The highest BCUT2D eigenvalue weighted by Crippen LogP contribution is 2.14. The monoisotopic (exact) mass is 240 g/mol. The average molecular weight is 241 g/mol. The summed E-state index contributed by atoms with van der Waals surface area (Å²) in [6, 6.07) is 0. The molecule has 6 heteroatoms. The van der Waals surface area contributed by atoms with Crippen molar-refractivity contribution in [1.29, 1.82) is 0 Å². The summed E-state index contributed by atoms with van der Waals surface area (Å²) < 4.78 is 9.57. The maximum Gasteiger partial charge on any atom is 0.384 e. The minimum atomic E-state index is -0.612. The van der Waals surface area contributed by atoms with Crippen LogP contribution < -0.4 is 4.74 Å². The first kappa shape index (κ1) is 12.3. The fourth-order valence-electron chi connectivity index (χ4n) is 0.873. The van der Waals surface area contributed by atoms with Crippen LogP contribution in [0.3, 0.4) is 0 Å². The van der Waals surface area contributed by atoms with Crippen molar-refractivity contribution in [3.05, 3.63) is 17.0 Å². The largest absolute Gasteiger partial charge is 0.480 e. The highest BCUT2D eigenvalue weighted by atomic mass is 35.5. The third-order valence-electron chi connectivity index (χ3n) is 1.49. The molecular weight excluding hydrogens is 232 g/mol. The van der Waals surface area contributed by atoms with Crippen molar-refractivity contribution in [1.82, 2.24) is 9.97 Å². The number of esters is 1. The first-order chi connectivity index (χ1) is 7.67. The molecule has 0 unspecified atom stereocenters. The lowest BCUT2D eigenvalue weighted by atomic mass is 10.3. The maximum absolute atomic E-state index is 11.0. The van der Waals surface area contributed by atoms with E-state index in [4.69, 9.17) is 16.3 Å². The van der Waals surface area contributed by atoms with Gasteiger partial charge in [0.25, 0.3) is 0 Å². The number of hydrogen-bond donors (Lipinski definition) is 0. The molecule has 0 saturated carbocycles. The second-order valence-corrected chi connectivity index (χ2v) is 2.87. The molecule has 0 bridgehead atoms. The van der Waals surface area contributed by atoms with Crippen molar-refractivity contribution in [2.75, 3.05) is 13.7 Å². The van der Waals surface area contributed by atoms with Gasteiger partial charge in [0.05, 0.1) is 19.9 Å². The quantitative estimate of drug-likeness (QED) is 0.439. The minimum Gasteiger partial charge on any atom is -0.480 e. The lowest BCUT2D eigenvalue weighted by molar-refractivity contribution is -0.136. The number of carbonyl (C=O) groups excluding carboxylic acids is 1. The Bertz CT molecular complexity index is 451. The third-order valence-corrected chi connectivity index (χ3v) is 1.67. The van der Waals surface area contributed by atoms with Gasteiger partial charge in [0, 0.05) is 5.92 Å². The van der Waals surface area contributed by atoms with Crippen LogP contribution in [-0.4, -0.2) is 29.7 Å². The lowest BCUT2D eigenvalue weighted by Crippen LogP contribution is -2.00. The van der Waals surface area contributed by atoms with Crippen molar-refractivity contribution in [2.24, 2.45) is 0 Å². The second kappa shape index (κ2) is 5.93. The van der Waals surface area contributed by atoms with Crippen LogP contribution in [0.4, 0.5) is 0 Å². The van der Waals surface area contributed by atoms with Gasteiger partial charge >= 0.3 is 5.97 Å². The molecule has 1 aromatic heterocycles. The number of ether oxygens (including phenoxy) is 2. The molecule has 84 valence electrons. The fraction of sp³-hybridized carbons (Fsp3) is 0.300. The van der Waals surface area contributed by atoms with Gasteiger partial charge in [-0.2, -0.15) is 4.98 Å². The molecule has 0 fully saturated rings. The summed E-state index contributed by atoms with van der Waals surface area (Å²) in [6.45, 7) is 1.98. The Kier molecular flexibility index (Phi) is 4.55. The Hall–Kier alpha value is -1.80. The van der Waals surface area contributed by atoms with Crippen LogP contribution in [0.15, 0.2) is 6.20 Å². The number of halogens is 1. The van der Waals surface area contributed by atoms with Crippen molar-refractivity contribution in [2.45, 2.75) is 6.92 Å². The molecule has 0 atom stereocenters. The molecule has 0 aliphatic rings. The van der Waals surface area contributed by atoms with Gasteiger partial charge in [-0.15, -0.1) is 0 Å². The SMILES string of the molecule is CCOC(=O)C#Cc1cnc(Cl)nc1OC. The molecule has 0 aliphatic carbocycles. The normalized spacial score (nSPS) is 8.94. The zero-order valence-electron chi connectivity index (χ0n) is 8.78. The van der Waals surface area contributed by atoms with Gasteiger partial charge in [-0.1, -0.05) is 0 Å². The Morgan fingerprint density at radius 2 is 2.38 bits per heavy atom. The number of aromatic nitrogens is 2.